The average Bonchev–Trinajstić information content (AvgIpc) is 2.80. The van der Waals surface area contributed by atoms with Crippen LogP contribution in [0.1, 0.15) is 21.6 Å². The Morgan fingerprint density at radius 2 is 1.53 bits per heavy atom. The molecule has 6 heteroatoms. The van der Waals surface area contributed by atoms with Crippen molar-refractivity contribution in [1.82, 2.24) is 14.8 Å². The summed E-state index contributed by atoms with van der Waals surface area (Å²) in [6, 6.07) is 21.3. The number of aromatic amines is 1. The number of hydrogen-bond donors (Lipinski definition) is 1. The van der Waals surface area contributed by atoms with Gasteiger partial charge >= 0.3 is 0 Å². The predicted molar refractivity (Wildman–Crippen MR) is 115 cm³/mol. The summed E-state index contributed by atoms with van der Waals surface area (Å²) in [5.74, 6) is 0.0594. The maximum Gasteiger partial charge on any atom is 0.270 e. The lowest BCUT2D eigenvalue weighted by molar-refractivity contribution is 0.0622. The van der Waals surface area contributed by atoms with E-state index in [0.717, 1.165) is 25.2 Å². The van der Waals surface area contributed by atoms with Gasteiger partial charge in [0.05, 0.1) is 0 Å². The fourth-order valence-corrected chi connectivity index (χ4v) is 3.55. The van der Waals surface area contributed by atoms with Crippen LogP contribution < -0.4 is 10.2 Å². The molecule has 0 spiro atoms. The zero-order valence-electron chi connectivity index (χ0n) is 16.8. The maximum atomic E-state index is 12.8. The minimum Gasteiger partial charge on any atom is -0.483 e. The monoisotopic (exact) mass is 403 g/mol. The molecule has 0 unspecified atom stereocenters. The Hall–Kier alpha value is -3.38. The van der Waals surface area contributed by atoms with Crippen LogP contribution in [0.4, 0.5) is 0 Å². The summed E-state index contributed by atoms with van der Waals surface area (Å²) in [7, 11) is 0. The molecule has 0 saturated carbocycles. The zero-order chi connectivity index (χ0) is 20.8. The van der Waals surface area contributed by atoms with Gasteiger partial charge in [-0.1, -0.05) is 60.7 Å². The third kappa shape index (κ3) is 4.96. The lowest BCUT2D eigenvalue weighted by atomic mass is 10.2. The van der Waals surface area contributed by atoms with E-state index >= 15 is 0 Å². The molecule has 1 aliphatic heterocycles. The lowest BCUT2D eigenvalue weighted by Crippen LogP contribution is -2.48. The van der Waals surface area contributed by atoms with Crippen molar-refractivity contribution in [3.8, 4) is 5.75 Å². The van der Waals surface area contributed by atoms with Crippen molar-refractivity contribution in [3.63, 3.8) is 0 Å². The molecule has 1 N–H and O–H groups in total. The van der Waals surface area contributed by atoms with Crippen LogP contribution in [-0.2, 0) is 13.2 Å². The highest BCUT2D eigenvalue weighted by atomic mass is 16.5. The van der Waals surface area contributed by atoms with Gasteiger partial charge in [-0.15, -0.1) is 0 Å². The number of ether oxygens (including phenoxy) is 1. The number of rotatable bonds is 6. The Kier molecular flexibility index (Phi) is 6.25. The van der Waals surface area contributed by atoms with Crippen LogP contribution in [0.15, 0.2) is 77.7 Å². The van der Waals surface area contributed by atoms with E-state index in [2.05, 4.69) is 22.0 Å². The standard InChI is InChI=1S/C24H25N3O3/c28-22-15-21(25-16-23(22)30-18-20-9-5-2-6-10-20)24(29)27-13-11-26(12-14-27)17-19-7-3-1-4-8-19/h1-10,15-16H,11-14,17-18H2,(H,25,28). The van der Waals surface area contributed by atoms with Crippen molar-refractivity contribution >= 4 is 5.91 Å². The number of carbonyl (C=O) groups is 1. The van der Waals surface area contributed by atoms with Crippen LogP contribution in [0.3, 0.4) is 0 Å². The average molecular weight is 403 g/mol. The van der Waals surface area contributed by atoms with E-state index in [0.29, 0.717) is 25.4 Å². The molecule has 154 valence electrons. The third-order valence-corrected chi connectivity index (χ3v) is 5.25. The van der Waals surface area contributed by atoms with E-state index in [1.807, 2.05) is 48.5 Å². The highest BCUT2D eigenvalue weighted by molar-refractivity contribution is 5.92. The van der Waals surface area contributed by atoms with E-state index < -0.39 is 0 Å². The van der Waals surface area contributed by atoms with Gasteiger partial charge < -0.3 is 14.6 Å². The Morgan fingerprint density at radius 1 is 0.900 bits per heavy atom. The predicted octanol–water partition coefficient (Wildman–Crippen LogP) is 2.91. The van der Waals surface area contributed by atoms with Gasteiger partial charge in [0.25, 0.3) is 5.91 Å². The van der Waals surface area contributed by atoms with Crippen LogP contribution in [0.2, 0.25) is 0 Å². The number of nitrogens with one attached hydrogen (secondary N) is 1. The SMILES string of the molecule is O=C(c1cc(=O)c(OCc2ccccc2)c[nH]1)N1CCN(Cc2ccccc2)CC1. The van der Waals surface area contributed by atoms with Crippen molar-refractivity contribution in [3.05, 3.63) is 100.0 Å². The Morgan fingerprint density at radius 3 is 2.17 bits per heavy atom. The maximum absolute atomic E-state index is 12.8. The first-order valence-electron chi connectivity index (χ1n) is 10.1. The van der Waals surface area contributed by atoms with E-state index in [-0.39, 0.29) is 17.1 Å². The largest absolute Gasteiger partial charge is 0.483 e. The number of pyridine rings is 1. The first-order chi connectivity index (χ1) is 14.7. The summed E-state index contributed by atoms with van der Waals surface area (Å²) < 4.78 is 5.60. The van der Waals surface area contributed by atoms with Crippen molar-refractivity contribution in [1.29, 1.82) is 0 Å². The molecule has 2 heterocycles. The van der Waals surface area contributed by atoms with E-state index in [9.17, 15) is 9.59 Å². The van der Waals surface area contributed by atoms with Crippen molar-refractivity contribution in [2.45, 2.75) is 13.2 Å². The molecule has 4 rings (SSSR count). The van der Waals surface area contributed by atoms with Crippen LogP contribution in [0.25, 0.3) is 0 Å². The van der Waals surface area contributed by atoms with E-state index in [1.165, 1.54) is 17.8 Å². The topological polar surface area (TPSA) is 65.6 Å². The number of H-pyrrole nitrogens is 1. The van der Waals surface area contributed by atoms with Gasteiger partial charge in [0.2, 0.25) is 5.43 Å². The molecule has 1 saturated heterocycles. The molecule has 0 aliphatic carbocycles. The second kappa shape index (κ2) is 9.41. The fourth-order valence-electron chi connectivity index (χ4n) is 3.55. The number of nitrogens with zero attached hydrogens (tertiary/aromatic N) is 2. The fraction of sp³-hybridized carbons (Fsp3) is 0.250. The Balaban J connectivity index is 1.32. The Labute approximate surface area is 175 Å². The van der Waals surface area contributed by atoms with Gasteiger partial charge in [-0.3, -0.25) is 14.5 Å². The van der Waals surface area contributed by atoms with Gasteiger partial charge in [-0.2, -0.15) is 0 Å². The smallest absolute Gasteiger partial charge is 0.270 e. The molecule has 6 nitrogen and oxygen atoms in total. The van der Waals surface area contributed by atoms with Gasteiger partial charge in [-0.05, 0) is 11.1 Å². The van der Waals surface area contributed by atoms with Crippen LogP contribution in [0.5, 0.6) is 5.75 Å². The summed E-state index contributed by atoms with van der Waals surface area (Å²) in [4.78, 5) is 32.2. The first kappa shape index (κ1) is 19.9. The molecular weight excluding hydrogens is 378 g/mol. The molecule has 2 aromatic carbocycles. The number of piperazine rings is 1. The minimum absolute atomic E-state index is 0.152. The van der Waals surface area contributed by atoms with Crippen LogP contribution in [-0.4, -0.2) is 46.9 Å². The second-order valence-electron chi connectivity index (χ2n) is 7.40. The number of amides is 1. The van der Waals surface area contributed by atoms with Gasteiger partial charge in [0.15, 0.2) is 5.75 Å². The number of carbonyl (C=O) groups excluding carboxylic acids is 1. The number of benzene rings is 2. The molecule has 30 heavy (non-hydrogen) atoms. The zero-order valence-corrected chi connectivity index (χ0v) is 16.8. The summed E-state index contributed by atoms with van der Waals surface area (Å²) >= 11 is 0. The number of aromatic nitrogens is 1. The Bertz CT molecular complexity index is 1030. The van der Waals surface area contributed by atoms with Crippen LogP contribution >= 0.6 is 0 Å². The molecule has 0 atom stereocenters. The highest BCUT2D eigenvalue weighted by Gasteiger charge is 2.23. The van der Waals surface area contributed by atoms with Crippen LogP contribution in [0, 0.1) is 0 Å². The van der Waals surface area contributed by atoms with E-state index in [1.54, 1.807) is 4.90 Å². The normalized spacial score (nSPS) is 14.5. The quantitative estimate of drug-likeness (QED) is 0.687. The second-order valence-corrected chi connectivity index (χ2v) is 7.40. The van der Waals surface area contributed by atoms with Crippen molar-refractivity contribution in [2.75, 3.05) is 26.2 Å². The van der Waals surface area contributed by atoms with E-state index in [4.69, 9.17) is 4.74 Å². The first-order valence-corrected chi connectivity index (χ1v) is 10.1. The summed E-state index contributed by atoms with van der Waals surface area (Å²) in [5.41, 5.74) is 2.25. The molecule has 1 aliphatic rings. The number of hydrogen-bond acceptors (Lipinski definition) is 4. The summed E-state index contributed by atoms with van der Waals surface area (Å²) in [6.07, 6.45) is 1.48. The third-order valence-electron chi connectivity index (χ3n) is 5.25. The molecule has 3 aromatic rings. The molecule has 0 bridgehead atoms. The lowest BCUT2D eigenvalue weighted by Gasteiger charge is -2.34. The van der Waals surface area contributed by atoms with Crippen molar-refractivity contribution in [2.24, 2.45) is 0 Å². The highest BCUT2D eigenvalue weighted by Crippen LogP contribution is 2.12. The summed E-state index contributed by atoms with van der Waals surface area (Å²) in [5, 5.41) is 0. The van der Waals surface area contributed by atoms with Gasteiger partial charge in [-0.25, -0.2) is 0 Å². The van der Waals surface area contributed by atoms with Gasteiger partial charge in [0.1, 0.15) is 12.3 Å². The molecule has 1 fully saturated rings. The molecule has 0 radical (unpaired) electrons. The van der Waals surface area contributed by atoms with Crippen molar-refractivity contribution < 1.29 is 9.53 Å². The molecule has 1 amide bonds. The summed E-state index contributed by atoms with van der Waals surface area (Å²) in [6.45, 7) is 4.08. The minimum atomic E-state index is -0.296. The molecular formula is C24H25N3O3. The molecule has 1 aromatic heterocycles. The van der Waals surface area contributed by atoms with Gasteiger partial charge in [0, 0.05) is 45.0 Å².